The van der Waals surface area contributed by atoms with Gasteiger partial charge in [0.2, 0.25) is 0 Å². The van der Waals surface area contributed by atoms with Gasteiger partial charge in [0.1, 0.15) is 5.01 Å². The van der Waals surface area contributed by atoms with Gasteiger partial charge in [0, 0.05) is 22.6 Å². The van der Waals surface area contributed by atoms with Crippen molar-refractivity contribution in [2.75, 3.05) is 0 Å². The maximum absolute atomic E-state index is 10.3. The number of rotatable bonds is 5. The summed E-state index contributed by atoms with van der Waals surface area (Å²) in [4.78, 5) is 4.27. The third-order valence-electron chi connectivity index (χ3n) is 3.02. The Morgan fingerprint density at radius 1 is 1.26 bits per heavy atom. The molecular weight excluding hydrogens is 280 g/mol. The summed E-state index contributed by atoms with van der Waals surface area (Å²) in [6.45, 7) is 4.01. The second kappa shape index (κ2) is 6.48. The second-order valence-electron chi connectivity index (χ2n) is 4.54. The fourth-order valence-corrected chi connectivity index (χ4v) is 2.73. The van der Waals surface area contributed by atoms with E-state index in [0.717, 1.165) is 10.6 Å². The summed E-state index contributed by atoms with van der Waals surface area (Å²) in [5, 5.41) is 17.3. The van der Waals surface area contributed by atoms with Gasteiger partial charge in [-0.05, 0) is 31.5 Å². The first-order chi connectivity index (χ1) is 9.08. The first-order valence-corrected chi connectivity index (χ1v) is 7.42. The van der Waals surface area contributed by atoms with E-state index >= 15 is 0 Å². The lowest BCUT2D eigenvalue weighted by Gasteiger charge is -2.23. The molecule has 0 aliphatic heterocycles. The lowest BCUT2D eigenvalue weighted by molar-refractivity contribution is 0.130. The van der Waals surface area contributed by atoms with E-state index in [1.54, 1.807) is 29.7 Å². The summed E-state index contributed by atoms with van der Waals surface area (Å²) < 4.78 is 0. The summed E-state index contributed by atoms with van der Waals surface area (Å²) in [5.41, 5.74) is 0.857. The summed E-state index contributed by atoms with van der Waals surface area (Å²) in [7, 11) is 0. The normalized spacial score (nSPS) is 16.0. The monoisotopic (exact) mass is 296 g/mol. The molecule has 19 heavy (non-hydrogen) atoms. The number of aromatic nitrogens is 1. The van der Waals surface area contributed by atoms with Crippen molar-refractivity contribution in [2.45, 2.75) is 32.0 Å². The molecule has 0 aliphatic carbocycles. The quantitative estimate of drug-likeness (QED) is 0.886. The van der Waals surface area contributed by atoms with Crippen LogP contribution in [0.5, 0.6) is 0 Å². The van der Waals surface area contributed by atoms with Gasteiger partial charge in [0.05, 0.1) is 12.1 Å². The van der Waals surface area contributed by atoms with Crippen LogP contribution in [0.1, 0.15) is 36.6 Å². The van der Waals surface area contributed by atoms with Crippen molar-refractivity contribution < 1.29 is 5.11 Å². The van der Waals surface area contributed by atoms with Crippen molar-refractivity contribution in [2.24, 2.45) is 0 Å². The molecule has 3 atom stereocenters. The Labute approximate surface area is 122 Å². The van der Waals surface area contributed by atoms with Gasteiger partial charge >= 0.3 is 0 Å². The highest BCUT2D eigenvalue weighted by molar-refractivity contribution is 7.09. The number of hydrogen-bond acceptors (Lipinski definition) is 4. The number of thiazole rings is 1. The summed E-state index contributed by atoms with van der Waals surface area (Å²) in [6, 6.07) is 7.32. The molecule has 1 heterocycles. The predicted molar refractivity (Wildman–Crippen MR) is 79.5 cm³/mol. The first kappa shape index (κ1) is 14.5. The van der Waals surface area contributed by atoms with E-state index in [1.165, 1.54) is 0 Å². The average Bonchev–Trinajstić information content (AvgIpc) is 2.92. The van der Waals surface area contributed by atoms with E-state index in [0.29, 0.717) is 5.02 Å². The highest BCUT2D eigenvalue weighted by atomic mass is 35.5. The number of hydrogen-bond donors (Lipinski definition) is 2. The van der Waals surface area contributed by atoms with E-state index < -0.39 is 6.10 Å². The van der Waals surface area contributed by atoms with Crippen LogP contribution in [-0.4, -0.2) is 16.1 Å². The van der Waals surface area contributed by atoms with Crippen LogP contribution in [0.3, 0.4) is 0 Å². The van der Waals surface area contributed by atoms with Gasteiger partial charge in [-0.1, -0.05) is 23.7 Å². The molecule has 0 amide bonds. The molecule has 2 aromatic rings. The number of benzene rings is 1. The minimum atomic E-state index is -0.570. The van der Waals surface area contributed by atoms with E-state index in [-0.39, 0.29) is 12.1 Å². The standard InChI is InChI=1S/C14H17ClN2OS/c1-9(17-10(2)14-16-7-8-19-14)13(18)11-3-5-12(15)6-4-11/h3-10,13,17-18H,1-2H3. The Hall–Kier alpha value is -0.940. The molecule has 0 saturated heterocycles. The maximum Gasteiger partial charge on any atom is 0.109 e. The van der Waals surface area contributed by atoms with Crippen molar-refractivity contribution in [1.29, 1.82) is 0 Å². The number of aliphatic hydroxyl groups excluding tert-OH is 1. The molecule has 1 aromatic carbocycles. The Kier molecular flexibility index (Phi) is 4.93. The molecular formula is C14H17ClN2OS. The van der Waals surface area contributed by atoms with Gasteiger partial charge in [0.15, 0.2) is 0 Å². The molecule has 2 N–H and O–H groups in total. The Bertz CT molecular complexity index is 501. The number of nitrogens with zero attached hydrogens (tertiary/aromatic N) is 1. The molecule has 1 aromatic heterocycles. The zero-order valence-corrected chi connectivity index (χ0v) is 12.4. The smallest absolute Gasteiger partial charge is 0.109 e. The fourth-order valence-electron chi connectivity index (χ4n) is 1.95. The zero-order chi connectivity index (χ0) is 13.8. The van der Waals surface area contributed by atoms with Crippen LogP contribution >= 0.6 is 22.9 Å². The van der Waals surface area contributed by atoms with Gasteiger partial charge in [-0.3, -0.25) is 0 Å². The van der Waals surface area contributed by atoms with Gasteiger partial charge in [-0.25, -0.2) is 4.98 Å². The third-order valence-corrected chi connectivity index (χ3v) is 4.23. The number of nitrogens with one attached hydrogen (secondary N) is 1. The highest BCUT2D eigenvalue weighted by Gasteiger charge is 2.19. The van der Waals surface area contributed by atoms with Crippen molar-refractivity contribution >= 4 is 22.9 Å². The molecule has 0 aliphatic rings. The molecule has 0 bridgehead atoms. The van der Waals surface area contributed by atoms with Crippen molar-refractivity contribution in [3.8, 4) is 0 Å². The first-order valence-electron chi connectivity index (χ1n) is 6.17. The van der Waals surface area contributed by atoms with Crippen LogP contribution in [-0.2, 0) is 0 Å². The highest BCUT2D eigenvalue weighted by Crippen LogP contribution is 2.22. The molecule has 5 heteroatoms. The molecule has 2 rings (SSSR count). The van der Waals surface area contributed by atoms with Crippen LogP contribution in [0.4, 0.5) is 0 Å². The van der Waals surface area contributed by atoms with Crippen LogP contribution in [0.2, 0.25) is 5.02 Å². The van der Waals surface area contributed by atoms with Crippen molar-refractivity contribution in [3.63, 3.8) is 0 Å². The lowest BCUT2D eigenvalue weighted by Crippen LogP contribution is -2.34. The lowest BCUT2D eigenvalue weighted by atomic mass is 10.0. The predicted octanol–water partition coefficient (Wildman–Crippen LogP) is 3.57. The molecule has 0 spiro atoms. The average molecular weight is 297 g/mol. The molecule has 3 nitrogen and oxygen atoms in total. The van der Waals surface area contributed by atoms with Crippen LogP contribution in [0, 0.1) is 0 Å². The Morgan fingerprint density at radius 3 is 2.53 bits per heavy atom. The Balaban J connectivity index is 1.99. The van der Waals surface area contributed by atoms with Crippen LogP contribution in [0.25, 0.3) is 0 Å². The van der Waals surface area contributed by atoms with Gasteiger partial charge < -0.3 is 10.4 Å². The largest absolute Gasteiger partial charge is 0.387 e. The topological polar surface area (TPSA) is 45.1 Å². The van der Waals surface area contributed by atoms with E-state index in [1.807, 2.05) is 31.4 Å². The van der Waals surface area contributed by atoms with Gasteiger partial charge in [-0.2, -0.15) is 0 Å². The van der Waals surface area contributed by atoms with E-state index in [4.69, 9.17) is 11.6 Å². The maximum atomic E-state index is 10.3. The van der Waals surface area contributed by atoms with Gasteiger partial charge in [0.25, 0.3) is 0 Å². The molecule has 0 radical (unpaired) electrons. The van der Waals surface area contributed by atoms with E-state index in [9.17, 15) is 5.11 Å². The summed E-state index contributed by atoms with van der Waals surface area (Å²) in [5.74, 6) is 0. The van der Waals surface area contributed by atoms with Crippen LogP contribution in [0.15, 0.2) is 35.8 Å². The number of aliphatic hydroxyl groups is 1. The number of halogens is 1. The van der Waals surface area contributed by atoms with Crippen molar-refractivity contribution in [1.82, 2.24) is 10.3 Å². The zero-order valence-electron chi connectivity index (χ0n) is 10.9. The molecule has 0 fully saturated rings. The van der Waals surface area contributed by atoms with E-state index in [2.05, 4.69) is 10.3 Å². The Morgan fingerprint density at radius 2 is 1.95 bits per heavy atom. The van der Waals surface area contributed by atoms with Crippen LogP contribution < -0.4 is 5.32 Å². The minimum Gasteiger partial charge on any atom is -0.387 e. The SMILES string of the molecule is CC(NC(C)C(O)c1ccc(Cl)cc1)c1nccs1. The van der Waals surface area contributed by atoms with Crippen molar-refractivity contribution in [3.05, 3.63) is 51.4 Å². The second-order valence-corrected chi connectivity index (χ2v) is 5.91. The van der Waals surface area contributed by atoms with Gasteiger partial charge in [-0.15, -0.1) is 11.3 Å². The molecule has 0 saturated carbocycles. The fraction of sp³-hybridized carbons (Fsp3) is 0.357. The summed E-state index contributed by atoms with van der Waals surface area (Å²) in [6.07, 6.45) is 1.22. The molecule has 3 unspecified atom stereocenters. The minimum absolute atomic E-state index is 0.0694. The third kappa shape index (κ3) is 3.76. The molecule has 102 valence electrons. The summed E-state index contributed by atoms with van der Waals surface area (Å²) >= 11 is 7.45.